The van der Waals surface area contributed by atoms with E-state index in [2.05, 4.69) is 18.2 Å². The van der Waals surface area contributed by atoms with E-state index in [-0.39, 0.29) is 13.2 Å². The van der Waals surface area contributed by atoms with E-state index < -0.39 is 35.6 Å². The second-order valence-corrected chi connectivity index (χ2v) is 9.05. The number of ether oxygens (including phenoxy) is 3. The Kier molecular flexibility index (Phi) is 10.4. The van der Waals surface area contributed by atoms with Gasteiger partial charge in [0.25, 0.3) is 0 Å². The Morgan fingerprint density at radius 1 is 1.16 bits per heavy atom. The fourth-order valence-electron chi connectivity index (χ4n) is 4.98. The van der Waals surface area contributed by atoms with Crippen molar-refractivity contribution < 1.29 is 32.9 Å². The molecule has 5 atom stereocenters. The molecule has 0 aromatic rings. The maximum absolute atomic E-state index is 15.6. The zero-order valence-electron chi connectivity index (χ0n) is 19.2. The lowest BCUT2D eigenvalue weighted by molar-refractivity contribution is -0.259. The minimum absolute atomic E-state index is 0.0491. The summed E-state index contributed by atoms with van der Waals surface area (Å²) in [4.78, 5) is 11.9. The molecule has 2 aliphatic rings. The number of esters is 1. The summed E-state index contributed by atoms with van der Waals surface area (Å²) in [6, 6.07) is 0. The Morgan fingerprint density at radius 2 is 1.87 bits per heavy atom. The molecule has 1 saturated carbocycles. The zero-order chi connectivity index (χ0) is 22.9. The van der Waals surface area contributed by atoms with E-state index in [9.17, 15) is 9.90 Å². The van der Waals surface area contributed by atoms with Crippen LogP contribution in [0.3, 0.4) is 0 Å². The van der Waals surface area contributed by atoms with E-state index in [0.717, 1.165) is 26.4 Å². The molecule has 1 heterocycles. The SMILES string of the molecule is C=C(CCC[C@H]1[C@@H](O)CC[C@]1(F)CCCCCCCC)C1OCCOC1(F)C(=O)OC. The van der Waals surface area contributed by atoms with E-state index in [1.807, 2.05) is 0 Å². The molecule has 2 fully saturated rings. The number of unbranched alkanes of at least 4 members (excludes halogenated alkanes) is 5. The van der Waals surface area contributed by atoms with Gasteiger partial charge in [-0.05, 0) is 44.1 Å². The van der Waals surface area contributed by atoms with Gasteiger partial charge in [0.05, 0.1) is 26.4 Å². The lowest BCUT2D eigenvalue weighted by Crippen LogP contribution is -2.54. The predicted octanol–water partition coefficient (Wildman–Crippen LogP) is 5.20. The number of methoxy groups -OCH3 is 1. The average molecular weight is 447 g/mol. The van der Waals surface area contributed by atoms with Crippen molar-refractivity contribution >= 4 is 5.97 Å². The van der Waals surface area contributed by atoms with Crippen molar-refractivity contribution in [2.75, 3.05) is 20.3 Å². The van der Waals surface area contributed by atoms with Gasteiger partial charge in [-0.25, -0.2) is 9.18 Å². The first-order chi connectivity index (χ1) is 14.8. The van der Waals surface area contributed by atoms with Gasteiger partial charge in [0.15, 0.2) is 0 Å². The Labute approximate surface area is 185 Å². The highest BCUT2D eigenvalue weighted by atomic mass is 19.2. The monoisotopic (exact) mass is 446 g/mol. The molecule has 0 spiro atoms. The number of carbonyl (C=O) groups is 1. The van der Waals surface area contributed by atoms with Crippen molar-refractivity contribution in [1.82, 2.24) is 0 Å². The first-order valence-corrected chi connectivity index (χ1v) is 11.9. The van der Waals surface area contributed by atoms with Crippen LogP contribution in [0.4, 0.5) is 8.78 Å². The largest absolute Gasteiger partial charge is 0.465 e. The maximum atomic E-state index is 15.6. The van der Waals surface area contributed by atoms with Crippen molar-refractivity contribution in [3.05, 3.63) is 12.2 Å². The third kappa shape index (κ3) is 6.72. The van der Waals surface area contributed by atoms with Crippen molar-refractivity contribution in [2.45, 2.75) is 108 Å². The third-order valence-electron chi connectivity index (χ3n) is 6.80. The number of rotatable bonds is 13. The summed E-state index contributed by atoms with van der Waals surface area (Å²) in [6.45, 7) is 6.16. The van der Waals surface area contributed by atoms with Crippen molar-refractivity contribution in [3.8, 4) is 0 Å². The molecule has 0 amide bonds. The minimum Gasteiger partial charge on any atom is -0.465 e. The van der Waals surface area contributed by atoms with Crippen molar-refractivity contribution in [3.63, 3.8) is 0 Å². The molecule has 2 unspecified atom stereocenters. The molecule has 0 aromatic heterocycles. The normalized spacial score (nSPS) is 33.4. The molecule has 2 rings (SSSR count). The van der Waals surface area contributed by atoms with Crippen LogP contribution in [0.25, 0.3) is 0 Å². The molecule has 1 aliphatic carbocycles. The Hall–Kier alpha value is -1.05. The first kappa shape index (κ1) is 26.2. The smallest absolute Gasteiger partial charge is 0.375 e. The molecular weight excluding hydrogens is 406 g/mol. The van der Waals surface area contributed by atoms with Gasteiger partial charge in [-0.1, -0.05) is 52.0 Å². The summed E-state index contributed by atoms with van der Waals surface area (Å²) in [7, 11) is 1.09. The van der Waals surface area contributed by atoms with E-state index >= 15 is 8.78 Å². The van der Waals surface area contributed by atoms with Gasteiger partial charge in [-0.3, -0.25) is 0 Å². The van der Waals surface area contributed by atoms with Gasteiger partial charge in [0, 0.05) is 5.92 Å². The number of hydrogen-bond donors (Lipinski definition) is 1. The second kappa shape index (κ2) is 12.3. The molecule has 1 saturated heterocycles. The summed E-state index contributed by atoms with van der Waals surface area (Å²) in [5.74, 6) is -4.28. The van der Waals surface area contributed by atoms with Crippen molar-refractivity contribution in [2.24, 2.45) is 5.92 Å². The summed E-state index contributed by atoms with van der Waals surface area (Å²) < 4.78 is 45.7. The van der Waals surface area contributed by atoms with Crippen LogP contribution < -0.4 is 0 Å². The minimum atomic E-state index is -2.71. The van der Waals surface area contributed by atoms with Crippen molar-refractivity contribution in [1.29, 1.82) is 0 Å². The lowest BCUT2D eigenvalue weighted by Gasteiger charge is -2.36. The molecular formula is C24H40F2O5. The molecule has 0 radical (unpaired) electrons. The van der Waals surface area contributed by atoms with Crippen LogP contribution in [0, 0.1) is 5.92 Å². The van der Waals surface area contributed by atoms with Gasteiger partial charge in [0.2, 0.25) is 0 Å². The molecule has 0 aromatic carbocycles. The number of carbonyl (C=O) groups excluding carboxylic acids is 1. The molecule has 1 aliphatic heterocycles. The van der Waals surface area contributed by atoms with Crippen LogP contribution >= 0.6 is 0 Å². The van der Waals surface area contributed by atoms with Crippen LogP contribution in [0.5, 0.6) is 0 Å². The second-order valence-electron chi connectivity index (χ2n) is 9.05. The quantitative estimate of drug-likeness (QED) is 0.239. The zero-order valence-corrected chi connectivity index (χ0v) is 19.2. The van der Waals surface area contributed by atoms with Gasteiger partial charge >= 0.3 is 11.8 Å². The average Bonchev–Trinajstić information content (AvgIpc) is 3.04. The molecule has 5 nitrogen and oxygen atoms in total. The standard InChI is InChI=1S/C24H40F2O5/c1-4-5-6-7-8-9-14-23(25)15-13-20(27)19(23)12-10-11-18(2)21-24(26,22(28)29-3)31-17-16-30-21/h19-21,27H,2,4-17H2,1,3H3/t19-,20-,21?,23+,24?/m0/s1. The highest BCUT2D eigenvalue weighted by Gasteiger charge is 2.53. The van der Waals surface area contributed by atoms with Crippen LogP contribution in [0.15, 0.2) is 12.2 Å². The Bertz CT molecular complexity index is 586. The van der Waals surface area contributed by atoms with E-state index in [0.29, 0.717) is 44.1 Å². The number of hydrogen-bond acceptors (Lipinski definition) is 5. The fraction of sp³-hybridized carbons (Fsp3) is 0.875. The highest BCUT2D eigenvalue weighted by molar-refractivity contribution is 5.79. The van der Waals surface area contributed by atoms with Gasteiger partial charge in [0.1, 0.15) is 11.8 Å². The summed E-state index contributed by atoms with van der Waals surface area (Å²) in [5, 5.41) is 10.4. The molecule has 180 valence electrons. The molecule has 1 N–H and O–H groups in total. The molecule has 7 heteroatoms. The number of halogens is 2. The van der Waals surface area contributed by atoms with E-state index in [1.165, 1.54) is 19.3 Å². The predicted molar refractivity (Wildman–Crippen MR) is 115 cm³/mol. The van der Waals surface area contributed by atoms with Crippen LogP contribution in [-0.4, -0.2) is 55.1 Å². The summed E-state index contributed by atoms with van der Waals surface area (Å²) in [5.41, 5.74) is -0.966. The van der Waals surface area contributed by atoms with E-state index in [1.54, 1.807) is 0 Å². The Morgan fingerprint density at radius 3 is 2.58 bits per heavy atom. The first-order valence-electron chi connectivity index (χ1n) is 11.9. The Balaban J connectivity index is 1.84. The van der Waals surface area contributed by atoms with Crippen LogP contribution in [0.1, 0.15) is 84.0 Å². The molecule has 0 bridgehead atoms. The van der Waals surface area contributed by atoms with Crippen LogP contribution in [0.2, 0.25) is 0 Å². The molecule has 31 heavy (non-hydrogen) atoms. The van der Waals surface area contributed by atoms with Gasteiger partial charge < -0.3 is 19.3 Å². The third-order valence-corrected chi connectivity index (χ3v) is 6.80. The highest BCUT2D eigenvalue weighted by Crippen LogP contribution is 2.46. The number of aliphatic hydroxyl groups is 1. The lowest BCUT2D eigenvalue weighted by atomic mass is 9.82. The van der Waals surface area contributed by atoms with E-state index in [4.69, 9.17) is 9.47 Å². The number of alkyl halides is 2. The van der Waals surface area contributed by atoms with Gasteiger partial charge in [-0.15, -0.1) is 0 Å². The topological polar surface area (TPSA) is 65.0 Å². The van der Waals surface area contributed by atoms with Crippen LogP contribution in [-0.2, 0) is 19.0 Å². The fourth-order valence-corrected chi connectivity index (χ4v) is 4.98. The maximum Gasteiger partial charge on any atom is 0.375 e. The summed E-state index contributed by atoms with van der Waals surface area (Å²) >= 11 is 0. The number of aliphatic hydroxyl groups excluding tert-OH is 1. The van der Waals surface area contributed by atoms with Gasteiger partial charge in [-0.2, -0.15) is 4.39 Å². The summed E-state index contributed by atoms with van der Waals surface area (Å²) in [6.07, 6.45) is 7.42.